The van der Waals surface area contributed by atoms with Gasteiger partial charge >= 0.3 is 0 Å². The number of anilines is 1. The van der Waals surface area contributed by atoms with E-state index in [0.717, 1.165) is 11.3 Å². The smallest absolute Gasteiger partial charge is 0.171 e. The Morgan fingerprint density at radius 3 is 2.56 bits per heavy atom. The minimum absolute atomic E-state index is 0.490. The van der Waals surface area contributed by atoms with Gasteiger partial charge in [0.15, 0.2) is 5.11 Å². The average Bonchev–Trinajstić information content (AvgIpc) is 2.78. The second kappa shape index (κ2) is 6.09. The van der Waals surface area contributed by atoms with E-state index in [9.17, 15) is 0 Å². The highest BCUT2D eigenvalue weighted by molar-refractivity contribution is 7.80. The van der Waals surface area contributed by atoms with Crippen molar-refractivity contribution in [1.29, 1.82) is 0 Å². The Morgan fingerprint density at radius 1 is 1.22 bits per heavy atom. The zero-order valence-corrected chi connectivity index (χ0v) is 12.6. The van der Waals surface area contributed by atoms with Gasteiger partial charge in [-0.15, -0.1) is 0 Å². The summed E-state index contributed by atoms with van der Waals surface area (Å²) >= 11 is 17.5. The van der Waals surface area contributed by atoms with Gasteiger partial charge in [0, 0.05) is 11.1 Å². The van der Waals surface area contributed by atoms with E-state index in [1.54, 1.807) is 0 Å². The Hall–Kier alpha value is -0.510. The molecular weight excluding hydrogens is 287 g/mol. The summed E-state index contributed by atoms with van der Waals surface area (Å²) in [5.74, 6) is 0. The number of benzene rings is 1. The van der Waals surface area contributed by atoms with E-state index in [0.29, 0.717) is 21.2 Å². The maximum absolute atomic E-state index is 6.15. The molecule has 0 bridgehead atoms. The third-order valence-electron chi connectivity index (χ3n) is 3.19. The molecule has 0 aromatic heterocycles. The van der Waals surface area contributed by atoms with Gasteiger partial charge in [0.1, 0.15) is 0 Å². The molecule has 1 fully saturated rings. The normalized spacial score (nSPS) is 15.7. The van der Waals surface area contributed by atoms with Crippen molar-refractivity contribution >= 4 is 46.2 Å². The number of nitrogens with one attached hydrogen (secondary N) is 2. The zero-order chi connectivity index (χ0) is 13.1. The third kappa shape index (κ3) is 3.50. The topological polar surface area (TPSA) is 24.1 Å². The maximum Gasteiger partial charge on any atom is 0.171 e. The first kappa shape index (κ1) is 13.9. The van der Waals surface area contributed by atoms with E-state index in [4.69, 9.17) is 35.4 Å². The van der Waals surface area contributed by atoms with Crippen LogP contribution in [-0.4, -0.2) is 11.2 Å². The molecule has 0 atom stereocenters. The highest BCUT2D eigenvalue weighted by Gasteiger charge is 2.16. The maximum atomic E-state index is 6.15. The summed E-state index contributed by atoms with van der Waals surface area (Å²) in [6, 6.07) is 4.14. The third-order valence-corrected chi connectivity index (χ3v) is 4.13. The van der Waals surface area contributed by atoms with Crippen molar-refractivity contribution in [3.63, 3.8) is 0 Å². The molecule has 2 N–H and O–H groups in total. The van der Waals surface area contributed by atoms with Gasteiger partial charge in [-0.3, -0.25) is 0 Å². The Bertz CT molecular complexity index is 457. The first-order valence-corrected chi connectivity index (χ1v) is 7.26. The quantitative estimate of drug-likeness (QED) is 0.785. The SMILES string of the molecule is Cc1cc(Cl)c(NC(=S)NC2CCCC2)cc1Cl. The fraction of sp³-hybridized carbons (Fsp3) is 0.462. The molecule has 0 heterocycles. The highest BCUT2D eigenvalue weighted by Crippen LogP contribution is 2.28. The van der Waals surface area contributed by atoms with Crippen LogP contribution in [0, 0.1) is 6.92 Å². The van der Waals surface area contributed by atoms with Crippen molar-refractivity contribution in [2.75, 3.05) is 5.32 Å². The van der Waals surface area contributed by atoms with Gasteiger partial charge in [0.25, 0.3) is 0 Å². The summed E-state index contributed by atoms with van der Waals surface area (Å²) in [6.45, 7) is 1.92. The van der Waals surface area contributed by atoms with Gasteiger partial charge in [0.2, 0.25) is 0 Å². The van der Waals surface area contributed by atoms with Gasteiger partial charge in [-0.1, -0.05) is 36.0 Å². The first-order chi connectivity index (χ1) is 8.56. The molecule has 18 heavy (non-hydrogen) atoms. The summed E-state index contributed by atoms with van der Waals surface area (Å²) in [5, 5.41) is 8.35. The van der Waals surface area contributed by atoms with Gasteiger partial charge in [-0.05, 0) is 49.7 Å². The standard InChI is InChI=1S/C13H16Cl2N2S/c1-8-6-11(15)12(7-10(8)14)17-13(18)16-9-4-2-3-5-9/h6-7,9H,2-5H2,1H3,(H2,16,17,18). The molecule has 0 amide bonds. The summed E-state index contributed by atoms with van der Waals surface area (Å²) < 4.78 is 0. The molecule has 0 spiro atoms. The molecule has 0 radical (unpaired) electrons. The van der Waals surface area contributed by atoms with Gasteiger partial charge in [-0.2, -0.15) is 0 Å². The van der Waals surface area contributed by atoms with E-state index in [2.05, 4.69) is 10.6 Å². The van der Waals surface area contributed by atoms with Crippen LogP contribution in [0.3, 0.4) is 0 Å². The molecule has 1 aromatic carbocycles. The second-order valence-corrected chi connectivity index (χ2v) is 5.88. The lowest BCUT2D eigenvalue weighted by Crippen LogP contribution is -2.36. The minimum Gasteiger partial charge on any atom is -0.360 e. The van der Waals surface area contributed by atoms with E-state index in [1.807, 2.05) is 19.1 Å². The molecule has 1 aliphatic rings. The fourth-order valence-electron chi connectivity index (χ4n) is 2.16. The van der Waals surface area contributed by atoms with Crippen LogP contribution < -0.4 is 10.6 Å². The van der Waals surface area contributed by atoms with E-state index in [1.165, 1.54) is 25.7 Å². The Balaban J connectivity index is 2.00. The van der Waals surface area contributed by atoms with E-state index < -0.39 is 0 Å². The summed E-state index contributed by atoms with van der Waals surface area (Å²) in [5.41, 5.74) is 1.71. The van der Waals surface area contributed by atoms with Crippen LogP contribution in [0.4, 0.5) is 5.69 Å². The van der Waals surface area contributed by atoms with Crippen molar-refractivity contribution in [2.45, 2.75) is 38.6 Å². The van der Waals surface area contributed by atoms with Crippen LogP contribution in [0.15, 0.2) is 12.1 Å². The molecule has 2 rings (SSSR count). The highest BCUT2D eigenvalue weighted by atomic mass is 35.5. The lowest BCUT2D eigenvalue weighted by Gasteiger charge is -2.17. The molecule has 1 saturated carbocycles. The number of thiocarbonyl (C=S) groups is 1. The number of rotatable bonds is 2. The molecule has 0 unspecified atom stereocenters. The first-order valence-electron chi connectivity index (χ1n) is 6.09. The summed E-state index contributed by atoms with van der Waals surface area (Å²) in [6.07, 6.45) is 4.92. The molecule has 1 aliphatic carbocycles. The number of hydrogen-bond acceptors (Lipinski definition) is 1. The molecule has 1 aromatic rings. The van der Waals surface area contributed by atoms with Crippen molar-refractivity contribution in [2.24, 2.45) is 0 Å². The molecule has 0 saturated heterocycles. The van der Waals surface area contributed by atoms with Crippen molar-refractivity contribution < 1.29 is 0 Å². The molecule has 0 aliphatic heterocycles. The predicted octanol–water partition coefficient (Wildman–Crippen LogP) is 4.53. The van der Waals surface area contributed by atoms with Crippen LogP contribution in [0.1, 0.15) is 31.2 Å². The van der Waals surface area contributed by atoms with Crippen LogP contribution >= 0.6 is 35.4 Å². The van der Waals surface area contributed by atoms with Gasteiger partial charge < -0.3 is 10.6 Å². The molecule has 2 nitrogen and oxygen atoms in total. The zero-order valence-electron chi connectivity index (χ0n) is 10.2. The van der Waals surface area contributed by atoms with Crippen molar-refractivity contribution in [3.05, 3.63) is 27.7 Å². The lowest BCUT2D eigenvalue weighted by molar-refractivity contribution is 0.634. The van der Waals surface area contributed by atoms with Crippen molar-refractivity contribution in [3.8, 4) is 0 Å². The number of aryl methyl sites for hydroxylation is 1. The molecule has 5 heteroatoms. The minimum atomic E-state index is 0.490. The monoisotopic (exact) mass is 302 g/mol. The number of halogens is 2. The lowest BCUT2D eigenvalue weighted by atomic mass is 10.2. The fourth-order valence-corrected chi connectivity index (χ4v) is 2.86. The van der Waals surface area contributed by atoms with Crippen LogP contribution in [0.2, 0.25) is 10.0 Å². The van der Waals surface area contributed by atoms with E-state index >= 15 is 0 Å². The Labute approximate surface area is 123 Å². The van der Waals surface area contributed by atoms with Crippen LogP contribution in [0.5, 0.6) is 0 Å². The van der Waals surface area contributed by atoms with Crippen molar-refractivity contribution in [1.82, 2.24) is 5.32 Å². The predicted molar refractivity (Wildman–Crippen MR) is 82.8 cm³/mol. The average molecular weight is 303 g/mol. The van der Waals surface area contributed by atoms with E-state index in [-0.39, 0.29) is 0 Å². The summed E-state index contributed by atoms with van der Waals surface area (Å²) in [7, 11) is 0. The largest absolute Gasteiger partial charge is 0.360 e. The summed E-state index contributed by atoms with van der Waals surface area (Å²) in [4.78, 5) is 0. The molecule has 98 valence electrons. The Kier molecular flexibility index (Phi) is 4.71. The van der Waals surface area contributed by atoms with Gasteiger partial charge in [0.05, 0.1) is 10.7 Å². The Morgan fingerprint density at radius 2 is 1.89 bits per heavy atom. The van der Waals surface area contributed by atoms with Gasteiger partial charge in [-0.25, -0.2) is 0 Å². The second-order valence-electron chi connectivity index (χ2n) is 4.66. The number of hydrogen-bond donors (Lipinski definition) is 2. The van der Waals surface area contributed by atoms with Crippen LogP contribution in [0.25, 0.3) is 0 Å². The van der Waals surface area contributed by atoms with Crippen LogP contribution in [-0.2, 0) is 0 Å². The molecular formula is C13H16Cl2N2S.